The van der Waals surface area contributed by atoms with Gasteiger partial charge in [-0.25, -0.2) is 0 Å². The van der Waals surface area contributed by atoms with Crippen LogP contribution in [0.15, 0.2) is 24.3 Å². The van der Waals surface area contributed by atoms with Crippen LogP contribution in [0.1, 0.15) is 25.8 Å². The number of ether oxygens (including phenoxy) is 1. The van der Waals surface area contributed by atoms with E-state index in [0.717, 1.165) is 18.7 Å². The third-order valence-corrected chi connectivity index (χ3v) is 2.96. The predicted octanol–water partition coefficient (Wildman–Crippen LogP) is 2.71. The molecule has 0 radical (unpaired) electrons. The molecule has 0 unspecified atom stereocenters. The minimum absolute atomic E-state index is 0.164. The van der Waals surface area contributed by atoms with Gasteiger partial charge in [-0.1, -0.05) is 24.6 Å². The van der Waals surface area contributed by atoms with Gasteiger partial charge in [0, 0.05) is 12.2 Å². The topological polar surface area (TPSA) is 77.2 Å². The standard InChI is InChI=1S/C15H21N5O/c1-4-10-21-15-18-13(16)17-14(19-15)20(5-2)12-8-6-11(3)7-9-12/h6-9H,4-5,10H2,1-3H3,(H2,16,17,18,19). The highest BCUT2D eigenvalue weighted by atomic mass is 16.5. The van der Waals surface area contributed by atoms with Crippen molar-refractivity contribution in [2.45, 2.75) is 27.2 Å². The minimum Gasteiger partial charge on any atom is -0.463 e. The zero-order chi connectivity index (χ0) is 15.2. The maximum atomic E-state index is 5.76. The molecule has 1 aromatic carbocycles. The van der Waals surface area contributed by atoms with E-state index in [0.29, 0.717) is 12.6 Å². The number of aromatic nitrogens is 3. The maximum Gasteiger partial charge on any atom is 0.323 e. The van der Waals surface area contributed by atoms with Gasteiger partial charge in [-0.15, -0.1) is 0 Å². The molecule has 0 bridgehead atoms. The summed E-state index contributed by atoms with van der Waals surface area (Å²) in [6.07, 6.45) is 0.885. The Kier molecular flexibility index (Phi) is 4.92. The van der Waals surface area contributed by atoms with Gasteiger partial charge in [-0.05, 0) is 32.4 Å². The van der Waals surface area contributed by atoms with Gasteiger partial charge in [-0.2, -0.15) is 15.0 Å². The van der Waals surface area contributed by atoms with Crippen molar-refractivity contribution in [3.05, 3.63) is 29.8 Å². The van der Waals surface area contributed by atoms with Crippen molar-refractivity contribution in [1.82, 2.24) is 15.0 Å². The van der Waals surface area contributed by atoms with Gasteiger partial charge in [0.25, 0.3) is 0 Å². The summed E-state index contributed by atoms with van der Waals surface area (Å²) in [5, 5.41) is 0. The van der Waals surface area contributed by atoms with Crippen LogP contribution < -0.4 is 15.4 Å². The zero-order valence-electron chi connectivity index (χ0n) is 12.7. The van der Waals surface area contributed by atoms with Gasteiger partial charge in [0.15, 0.2) is 0 Å². The lowest BCUT2D eigenvalue weighted by Gasteiger charge is -2.21. The van der Waals surface area contributed by atoms with Crippen molar-refractivity contribution in [2.75, 3.05) is 23.8 Å². The molecule has 2 N–H and O–H groups in total. The van der Waals surface area contributed by atoms with Gasteiger partial charge in [0.05, 0.1) is 6.61 Å². The molecule has 0 aliphatic carbocycles. The predicted molar refractivity (Wildman–Crippen MR) is 83.9 cm³/mol. The molecule has 0 fully saturated rings. The molecule has 6 nitrogen and oxygen atoms in total. The Labute approximate surface area is 125 Å². The number of nitrogens with zero attached hydrogens (tertiary/aromatic N) is 4. The SMILES string of the molecule is CCCOc1nc(N)nc(N(CC)c2ccc(C)cc2)n1. The molecular weight excluding hydrogens is 266 g/mol. The number of nitrogen functional groups attached to an aromatic ring is 1. The average molecular weight is 287 g/mol. The quantitative estimate of drug-likeness (QED) is 0.880. The number of benzene rings is 1. The fourth-order valence-corrected chi connectivity index (χ4v) is 1.90. The van der Waals surface area contributed by atoms with E-state index in [1.54, 1.807) is 0 Å². The van der Waals surface area contributed by atoms with E-state index in [1.807, 2.05) is 30.9 Å². The zero-order valence-corrected chi connectivity index (χ0v) is 12.7. The van der Waals surface area contributed by atoms with Crippen molar-refractivity contribution in [2.24, 2.45) is 0 Å². The molecule has 112 valence electrons. The van der Waals surface area contributed by atoms with Gasteiger partial charge >= 0.3 is 6.01 Å². The molecule has 0 amide bonds. The van der Waals surface area contributed by atoms with Crippen LogP contribution in [0.4, 0.5) is 17.6 Å². The Morgan fingerprint density at radius 1 is 1.10 bits per heavy atom. The largest absolute Gasteiger partial charge is 0.463 e. The summed E-state index contributed by atoms with van der Waals surface area (Å²) in [5.41, 5.74) is 7.97. The third-order valence-electron chi connectivity index (χ3n) is 2.96. The van der Waals surface area contributed by atoms with E-state index in [2.05, 4.69) is 34.0 Å². The first-order chi connectivity index (χ1) is 10.1. The Morgan fingerprint density at radius 2 is 1.81 bits per heavy atom. The lowest BCUT2D eigenvalue weighted by Crippen LogP contribution is -2.20. The molecule has 0 aliphatic heterocycles. The van der Waals surface area contributed by atoms with Crippen LogP contribution in [0.5, 0.6) is 6.01 Å². The number of hydrogen-bond donors (Lipinski definition) is 1. The lowest BCUT2D eigenvalue weighted by atomic mass is 10.2. The Bertz CT molecular complexity index is 585. The maximum absolute atomic E-state index is 5.76. The van der Waals surface area contributed by atoms with Gasteiger partial charge in [0.2, 0.25) is 11.9 Å². The summed E-state index contributed by atoms with van der Waals surface area (Å²) in [5.74, 6) is 0.664. The van der Waals surface area contributed by atoms with Crippen LogP contribution in [0.2, 0.25) is 0 Å². The molecule has 0 atom stereocenters. The molecule has 0 spiro atoms. The van der Waals surface area contributed by atoms with E-state index in [9.17, 15) is 0 Å². The Balaban J connectivity index is 2.32. The Morgan fingerprint density at radius 3 is 2.43 bits per heavy atom. The summed E-state index contributed by atoms with van der Waals surface area (Å²) in [6.45, 7) is 7.39. The molecule has 0 saturated carbocycles. The monoisotopic (exact) mass is 287 g/mol. The molecule has 21 heavy (non-hydrogen) atoms. The highest BCUT2D eigenvalue weighted by Gasteiger charge is 2.13. The lowest BCUT2D eigenvalue weighted by molar-refractivity contribution is 0.292. The molecule has 2 rings (SSSR count). The van der Waals surface area contributed by atoms with E-state index in [4.69, 9.17) is 10.5 Å². The second-order valence-electron chi connectivity index (χ2n) is 4.70. The molecular formula is C15H21N5O. The normalized spacial score (nSPS) is 10.4. The highest BCUT2D eigenvalue weighted by molar-refractivity contribution is 5.58. The molecule has 0 aliphatic rings. The van der Waals surface area contributed by atoms with Crippen LogP contribution in [0.3, 0.4) is 0 Å². The first-order valence-corrected chi connectivity index (χ1v) is 7.12. The first kappa shape index (κ1) is 15.0. The second kappa shape index (κ2) is 6.88. The number of rotatable bonds is 6. The van der Waals surface area contributed by atoms with Crippen molar-refractivity contribution >= 4 is 17.6 Å². The number of aryl methyl sites for hydroxylation is 1. The van der Waals surface area contributed by atoms with Crippen molar-refractivity contribution < 1.29 is 4.74 Å². The average Bonchev–Trinajstić information content (AvgIpc) is 2.47. The Hall–Kier alpha value is -2.37. The second-order valence-corrected chi connectivity index (χ2v) is 4.70. The fraction of sp³-hybridized carbons (Fsp3) is 0.400. The van der Waals surface area contributed by atoms with Crippen molar-refractivity contribution in [3.8, 4) is 6.01 Å². The van der Waals surface area contributed by atoms with Crippen molar-refractivity contribution in [1.29, 1.82) is 0 Å². The smallest absolute Gasteiger partial charge is 0.323 e. The van der Waals surface area contributed by atoms with Crippen molar-refractivity contribution in [3.63, 3.8) is 0 Å². The first-order valence-electron chi connectivity index (χ1n) is 7.12. The van der Waals surface area contributed by atoms with E-state index >= 15 is 0 Å². The van der Waals surface area contributed by atoms with E-state index in [-0.39, 0.29) is 12.0 Å². The summed E-state index contributed by atoms with van der Waals surface area (Å²) >= 11 is 0. The number of nitrogens with two attached hydrogens (primary N) is 1. The minimum atomic E-state index is 0.164. The molecule has 2 aromatic rings. The number of anilines is 3. The summed E-state index contributed by atoms with van der Waals surface area (Å²) in [7, 11) is 0. The van der Waals surface area contributed by atoms with Gasteiger partial charge in [0.1, 0.15) is 0 Å². The molecule has 1 heterocycles. The van der Waals surface area contributed by atoms with Crippen LogP contribution >= 0.6 is 0 Å². The van der Waals surface area contributed by atoms with E-state index < -0.39 is 0 Å². The molecule has 0 saturated heterocycles. The van der Waals surface area contributed by atoms with Crippen LogP contribution in [-0.4, -0.2) is 28.1 Å². The van der Waals surface area contributed by atoms with Crippen LogP contribution in [-0.2, 0) is 0 Å². The third kappa shape index (κ3) is 3.81. The van der Waals surface area contributed by atoms with E-state index in [1.165, 1.54) is 5.56 Å². The molecule has 6 heteroatoms. The van der Waals surface area contributed by atoms with Gasteiger partial charge in [-0.3, -0.25) is 0 Å². The van der Waals surface area contributed by atoms with Crippen LogP contribution in [0, 0.1) is 6.92 Å². The highest BCUT2D eigenvalue weighted by Crippen LogP contribution is 2.23. The van der Waals surface area contributed by atoms with Crippen LogP contribution in [0.25, 0.3) is 0 Å². The fourth-order valence-electron chi connectivity index (χ4n) is 1.90. The summed E-state index contributed by atoms with van der Waals surface area (Å²) in [6, 6.07) is 8.44. The summed E-state index contributed by atoms with van der Waals surface area (Å²) < 4.78 is 5.46. The number of hydrogen-bond acceptors (Lipinski definition) is 6. The van der Waals surface area contributed by atoms with Gasteiger partial charge < -0.3 is 15.4 Å². The summed E-state index contributed by atoms with van der Waals surface area (Å²) in [4.78, 5) is 14.5. The molecule has 1 aromatic heterocycles.